The molecule has 0 bridgehead atoms. The molecular weight excluding hydrogens is 258 g/mol. The summed E-state index contributed by atoms with van der Waals surface area (Å²) in [4.78, 5) is 4.86. The summed E-state index contributed by atoms with van der Waals surface area (Å²) >= 11 is 0. The van der Waals surface area contributed by atoms with E-state index >= 15 is 0 Å². The molecule has 1 saturated heterocycles. The molecule has 1 aliphatic heterocycles. The first-order chi connectivity index (χ1) is 9.97. The Morgan fingerprint density at radius 1 is 1.14 bits per heavy atom. The minimum atomic E-state index is 0.107. The Morgan fingerprint density at radius 2 is 1.67 bits per heavy atom. The van der Waals surface area contributed by atoms with Gasteiger partial charge in [-0.25, -0.2) is 0 Å². The van der Waals surface area contributed by atoms with E-state index in [0.29, 0.717) is 12.0 Å². The second-order valence-electron chi connectivity index (χ2n) is 6.90. The van der Waals surface area contributed by atoms with Crippen molar-refractivity contribution in [2.75, 3.05) is 33.7 Å². The molecule has 0 radical (unpaired) electrons. The molecule has 1 heterocycles. The van der Waals surface area contributed by atoms with Gasteiger partial charge in [0.1, 0.15) is 0 Å². The topological polar surface area (TPSA) is 32.5 Å². The van der Waals surface area contributed by atoms with E-state index in [1.807, 2.05) is 0 Å². The first-order valence-electron chi connectivity index (χ1n) is 8.21. The molecule has 1 unspecified atom stereocenters. The normalized spacial score (nSPS) is 19.4. The number of piperidine rings is 1. The maximum Gasteiger partial charge on any atom is 0.0424 e. The summed E-state index contributed by atoms with van der Waals surface area (Å²) in [6.45, 7) is 7.79. The van der Waals surface area contributed by atoms with E-state index in [9.17, 15) is 0 Å². The van der Waals surface area contributed by atoms with Crippen LogP contribution in [0, 0.1) is 0 Å². The molecule has 2 N–H and O–H groups in total. The van der Waals surface area contributed by atoms with Crippen LogP contribution in [0.1, 0.15) is 49.8 Å². The lowest BCUT2D eigenvalue weighted by Crippen LogP contribution is -2.44. The van der Waals surface area contributed by atoms with E-state index in [1.54, 1.807) is 0 Å². The van der Waals surface area contributed by atoms with E-state index in [4.69, 9.17) is 5.73 Å². The minimum Gasteiger partial charge on any atom is -0.323 e. The molecule has 0 aromatic heterocycles. The van der Waals surface area contributed by atoms with Gasteiger partial charge in [0, 0.05) is 18.6 Å². The van der Waals surface area contributed by atoms with E-state index in [-0.39, 0.29) is 6.04 Å². The summed E-state index contributed by atoms with van der Waals surface area (Å²) in [5.41, 5.74) is 9.04. The van der Waals surface area contributed by atoms with Crippen molar-refractivity contribution in [1.29, 1.82) is 0 Å². The molecule has 3 heteroatoms. The SMILES string of the molecule is CC(C)c1ccc(C(N)CN(C)C2CCN(C)CC2)cc1. The monoisotopic (exact) mass is 289 g/mol. The average Bonchev–Trinajstić information content (AvgIpc) is 2.47. The fraction of sp³-hybridized carbons (Fsp3) is 0.667. The predicted octanol–water partition coefficient (Wildman–Crippen LogP) is 2.84. The summed E-state index contributed by atoms with van der Waals surface area (Å²) in [7, 11) is 4.43. The van der Waals surface area contributed by atoms with Gasteiger partial charge in [-0.05, 0) is 57.1 Å². The maximum absolute atomic E-state index is 6.40. The number of nitrogens with two attached hydrogens (primary N) is 1. The van der Waals surface area contributed by atoms with E-state index in [1.165, 1.54) is 37.1 Å². The third-order valence-electron chi connectivity index (χ3n) is 4.83. The number of benzene rings is 1. The fourth-order valence-corrected chi connectivity index (χ4v) is 3.13. The minimum absolute atomic E-state index is 0.107. The van der Waals surface area contributed by atoms with Gasteiger partial charge in [-0.15, -0.1) is 0 Å². The predicted molar refractivity (Wildman–Crippen MR) is 90.6 cm³/mol. The average molecular weight is 289 g/mol. The van der Waals surface area contributed by atoms with Gasteiger partial charge in [0.15, 0.2) is 0 Å². The Balaban J connectivity index is 1.89. The highest BCUT2D eigenvalue weighted by Crippen LogP contribution is 2.20. The van der Waals surface area contributed by atoms with E-state index in [0.717, 1.165) is 6.54 Å². The number of hydrogen-bond donors (Lipinski definition) is 1. The van der Waals surface area contributed by atoms with Crippen molar-refractivity contribution >= 4 is 0 Å². The van der Waals surface area contributed by atoms with Crippen molar-refractivity contribution in [3.63, 3.8) is 0 Å². The number of nitrogens with zero attached hydrogens (tertiary/aromatic N) is 2. The van der Waals surface area contributed by atoms with Crippen LogP contribution >= 0.6 is 0 Å². The molecule has 1 atom stereocenters. The number of rotatable bonds is 5. The largest absolute Gasteiger partial charge is 0.323 e. The van der Waals surface area contributed by atoms with Crippen LogP contribution in [0.3, 0.4) is 0 Å². The molecule has 0 aliphatic carbocycles. The Kier molecular flexibility index (Phi) is 5.80. The summed E-state index contributed by atoms with van der Waals surface area (Å²) < 4.78 is 0. The van der Waals surface area contributed by atoms with Crippen molar-refractivity contribution in [2.24, 2.45) is 5.73 Å². The van der Waals surface area contributed by atoms with Crippen LogP contribution in [-0.2, 0) is 0 Å². The first-order valence-corrected chi connectivity index (χ1v) is 8.21. The second kappa shape index (κ2) is 7.39. The molecule has 21 heavy (non-hydrogen) atoms. The van der Waals surface area contributed by atoms with Gasteiger partial charge in [0.2, 0.25) is 0 Å². The third-order valence-corrected chi connectivity index (χ3v) is 4.83. The maximum atomic E-state index is 6.40. The molecular formula is C18H31N3. The van der Waals surface area contributed by atoms with Gasteiger partial charge in [-0.2, -0.15) is 0 Å². The van der Waals surface area contributed by atoms with Crippen molar-refractivity contribution in [3.05, 3.63) is 35.4 Å². The molecule has 3 nitrogen and oxygen atoms in total. The van der Waals surface area contributed by atoms with Crippen molar-refractivity contribution in [2.45, 2.75) is 44.7 Å². The van der Waals surface area contributed by atoms with Gasteiger partial charge < -0.3 is 15.5 Å². The third kappa shape index (κ3) is 4.53. The zero-order chi connectivity index (χ0) is 15.4. The van der Waals surface area contributed by atoms with Crippen LogP contribution in [0.15, 0.2) is 24.3 Å². The Hall–Kier alpha value is -0.900. The van der Waals surface area contributed by atoms with Crippen LogP contribution in [0.2, 0.25) is 0 Å². The molecule has 118 valence electrons. The standard InChI is InChI=1S/C18H31N3/c1-14(2)15-5-7-16(8-6-15)18(19)13-21(4)17-9-11-20(3)12-10-17/h5-8,14,17-18H,9-13,19H2,1-4H3. The Bertz CT molecular complexity index is 419. The number of likely N-dealkylation sites (tertiary alicyclic amines) is 1. The van der Waals surface area contributed by atoms with Crippen molar-refractivity contribution in [3.8, 4) is 0 Å². The first kappa shape index (κ1) is 16.5. The lowest BCUT2D eigenvalue weighted by atomic mass is 9.98. The van der Waals surface area contributed by atoms with E-state index < -0.39 is 0 Å². The van der Waals surface area contributed by atoms with Crippen LogP contribution in [-0.4, -0.2) is 49.6 Å². The summed E-state index contributed by atoms with van der Waals surface area (Å²) in [6, 6.07) is 9.62. The molecule has 1 aromatic carbocycles. The summed E-state index contributed by atoms with van der Waals surface area (Å²) in [5, 5.41) is 0. The quantitative estimate of drug-likeness (QED) is 0.904. The highest BCUT2D eigenvalue weighted by Gasteiger charge is 2.22. The molecule has 1 fully saturated rings. The molecule has 1 aliphatic rings. The molecule has 0 amide bonds. The lowest BCUT2D eigenvalue weighted by molar-refractivity contribution is 0.139. The van der Waals surface area contributed by atoms with Crippen LogP contribution < -0.4 is 5.73 Å². The zero-order valence-corrected chi connectivity index (χ0v) is 14.0. The highest BCUT2D eigenvalue weighted by atomic mass is 15.2. The Labute approximate surface area is 130 Å². The smallest absolute Gasteiger partial charge is 0.0424 e. The van der Waals surface area contributed by atoms with Crippen LogP contribution in [0.4, 0.5) is 0 Å². The molecule has 2 rings (SSSR count). The van der Waals surface area contributed by atoms with Gasteiger partial charge in [-0.3, -0.25) is 0 Å². The van der Waals surface area contributed by atoms with Crippen LogP contribution in [0.25, 0.3) is 0 Å². The van der Waals surface area contributed by atoms with Gasteiger partial charge >= 0.3 is 0 Å². The number of hydrogen-bond acceptors (Lipinski definition) is 3. The summed E-state index contributed by atoms with van der Waals surface area (Å²) in [5.74, 6) is 0.581. The molecule has 0 spiro atoms. The highest BCUT2D eigenvalue weighted by molar-refractivity contribution is 5.26. The van der Waals surface area contributed by atoms with Gasteiger partial charge in [0.05, 0.1) is 0 Å². The zero-order valence-electron chi connectivity index (χ0n) is 14.0. The van der Waals surface area contributed by atoms with E-state index in [2.05, 4.69) is 62.0 Å². The van der Waals surface area contributed by atoms with Gasteiger partial charge in [-0.1, -0.05) is 38.1 Å². The van der Waals surface area contributed by atoms with Crippen LogP contribution in [0.5, 0.6) is 0 Å². The Morgan fingerprint density at radius 3 is 2.19 bits per heavy atom. The molecule has 0 saturated carbocycles. The van der Waals surface area contributed by atoms with Crippen molar-refractivity contribution in [1.82, 2.24) is 9.80 Å². The van der Waals surface area contributed by atoms with Crippen molar-refractivity contribution < 1.29 is 0 Å². The molecule has 1 aromatic rings. The number of likely N-dealkylation sites (N-methyl/N-ethyl adjacent to an activating group) is 1. The fourth-order valence-electron chi connectivity index (χ4n) is 3.13. The summed E-state index contributed by atoms with van der Waals surface area (Å²) in [6.07, 6.45) is 2.51. The van der Waals surface area contributed by atoms with Gasteiger partial charge in [0.25, 0.3) is 0 Å². The second-order valence-corrected chi connectivity index (χ2v) is 6.90. The lowest BCUT2D eigenvalue weighted by Gasteiger charge is -2.36.